The summed E-state index contributed by atoms with van der Waals surface area (Å²) < 4.78 is 0. The minimum Gasteiger partial charge on any atom is -0.337 e. The Kier molecular flexibility index (Phi) is 5.34. The molecule has 3 heteroatoms. The van der Waals surface area contributed by atoms with E-state index in [2.05, 4.69) is 32.6 Å². The Hall–Kier alpha value is -0.570. The highest BCUT2D eigenvalue weighted by Crippen LogP contribution is 2.40. The van der Waals surface area contributed by atoms with Crippen LogP contribution in [0.25, 0.3) is 0 Å². The third-order valence-electron chi connectivity index (χ3n) is 5.97. The quantitative estimate of drug-likeness (QED) is 0.844. The molecule has 1 saturated heterocycles. The van der Waals surface area contributed by atoms with Crippen LogP contribution in [-0.4, -0.2) is 28.9 Å². The lowest BCUT2D eigenvalue weighted by atomic mass is 9.76. The predicted octanol–water partition coefficient (Wildman–Crippen LogP) is 3.71. The zero-order valence-corrected chi connectivity index (χ0v) is 14.4. The van der Waals surface area contributed by atoms with E-state index in [1.807, 2.05) is 0 Å². The van der Waals surface area contributed by atoms with Gasteiger partial charge in [-0.05, 0) is 57.3 Å². The van der Waals surface area contributed by atoms with Gasteiger partial charge in [-0.15, -0.1) is 0 Å². The van der Waals surface area contributed by atoms with Crippen molar-refractivity contribution in [2.24, 2.45) is 17.1 Å². The maximum atomic E-state index is 12.3. The number of hydrogen-bond acceptors (Lipinski definition) is 2. The average Bonchev–Trinajstić information content (AvgIpc) is 2.46. The summed E-state index contributed by atoms with van der Waals surface area (Å²) in [5.41, 5.74) is 6.87. The van der Waals surface area contributed by atoms with Crippen LogP contribution in [0, 0.1) is 11.3 Å². The monoisotopic (exact) mass is 294 g/mol. The number of rotatable bonds is 2. The number of amides is 1. The Balaban J connectivity index is 2.18. The van der Waals surface area contributed by atoms with Gasteiger partial charge in [-0.2, -0.15) is 0 Å². The van der Waals surface area contributed by atoms with E-state index in [9.17, 15) is 4.79 Å². The lowest BCUT2D eigenvalue weighted by Gasteiger charge is -2.44. The Morgan fingerprint density at radius 2 is 2.10 bits per heavy atom. The first kappa shape index (κ1) is 16.8. The van der Waals surface area contributed by atoms with Gasteiger partial charge in [0.15, 0.2) is 0 Å². The predicted molar refractivity (Wildman–Crippen MR) is 88.0 cm³/mol. The Morgan fingerprint density at radius 1 is 1.38 bits per heavy atom. The van der Waals surface area contributed by atoms with Crippen molar-refractivity contribution in [3.8, 4) is 0 Å². The van der Waals surface area contributed by atoms with Crippen LogP contribution in [0.2, 0.25) is 0 Å². The van der Waals surface area contributed by atoms with E-state index >= 15 is 0 Å². The SMILES string of the molecule is CCC1(C)CCCC2C(CCC(=O)N2C(C)C)CC(N)C1. The van der Waals surface area contributed by atoms with Crippen molar-refractivity contribution >= 4 is 5.91 Å². The largest absolute Gasteiger partial charge is 0.337 e. The Bertz CT molecular complexity index is 368. The third kappa shape index (κ3) is 3.80. The summed E-state index contributed by atoms with van der Waals surface area (Å²) in [6, 6.07) is 1.04. The van der Waals surface area contributed by atoms with Gasteiger partial charge in [0.05, 0.1) is 0 Å². The van der Waals surface area contributed by atoms with Crippen LogP contribution in [0.15, 0.2) is 0 Å². The van der Waals surface area contributed by atoms with E-state index in [1.54, 1.807) is 0 Å². The first-order chi connectivity index (χ1) is 9.86. The van der Waals surface area contributed by atoms with E-state index in [4.69, 9.17) is 5.73 Å². The molecule has 0 aromatic heterocycles. The van der Waals surface area contributed by atoms with Crippen molar-refractivity contribution in [3.63, 3.8) is 0 Å². The van der Waals surface area contributed by atoms with Gasteiger partial charge >= 0.3 is 0 Å². The first-order valence-corrected chi connectivity index (χ1v) is 8.93. The second kappa shape index (κ2) is 6.68. The van der Waals surface area contributed by atoms with E-state index in [1.165, 1.54) is 19.3 Å². The van der Waals surface area contributed by atoms with Crippen molar-refractivity contribution in [1.29, 1.82) is 0 Å². The molecule has 0 aromatic carbocycles. The van der Waals surface area contributed by atoms with Crippen molar-refractivity contribution in [3.05, 3.63) is 0 Å². The average molecular weight is 294 g/mol. The van der Waals surface area contributed by atoms with Crippen LogP contribution in [0.3, 0.4) is 0 Å². The minimum absolute atomic E-state index is 0.294. The second-order valence-corrected chi connectivity index (χ2v) is 8.02. The minimum atomic E-state index is 0.294. The molecule has 1 heterocycles. The van der Waals surface area contributed by atoms with Crippen molar-refractivity contribution in [2.45, 2.75) is 97.2 Å². The Labute approximate surface area is 130 Å². The molecule has 2 N–H and O–H groups in total. The normalized spacial score (nSPS) is 38.7. The number of fused-ring (bicyclic) bond motifs is 1. The molecule has 4 unspecified atom stereocenters. The maximum absolute atomic E-state index is 12.3. The molecule has 0 bridgehead atoms. The topological polar surface area (TPSA) is 46.3 Å². The second-order valence-electron chi connectivity index (χ2n) is 8.02. The molecule has 0 radical (unpaired) electrons. The zero-order valence-electron chi connectivity index (χ0n) is 14.4. The summed E-state index contributed by atoms with van der Waals surface area (Å²) in [6.07, 6.45) is 8.86. The van der Waals surface area contributed by atoms with Crippen LogP contribution in [0.4, 0.5) is 0 Å². The lowest BCUT2D eigenvalue weighted by molar-refractivity contribution is -0.141. The van der Waals surface area contributed by atoms with E-state index in [-0.39, 0.29) is 0 Å². The highest BCUT2D eigenvalue weighted by atomic mass is 16.2. The summed E-state index contributed by atoms with van der Waals surface area (Å²) in [5.74, 6) is 0.969. The van der Waals surface area contributed by atoms with Gasteiger partial charge in [-0.1, -0.05) is 26.7 Å². The fraction of sp³-hybridized carbons (Fsp3) is 0.944. The molecule has 21 heavy (non-hydrogen) atoms. The molecule has 2 rings (SSSR count). The van der Waals surface area contributed by atoms with Crippen molar-refractivity contribution < 1.29 is 4.79 Å². The van der Waals surface area contributed by atoms with Crippen LogP contribution < -0.4 is 5.73 Å². The molecule has 0 aromatic rings. The van der Waals surface area contributed by atoms with Gasteiger partial charge in [0, 0.05) is 24.5 Å². The summed E-state index contributed by atoms with van der Waals surface area (Å²) in [5, 5.41) is 0. The number of carbonyl (C=O) groups is 1. The zero-order chi connectivity index (χ0) is 15.6. The Morgan fingerprint density at radius 3 is 2.71 bits per heavy atom. The molecule has 1 amide bonds. The smallest absolute Gasteiger partial charge is 0.223 e. The lowest BCUT2D eigenvalue weighted by Crippen LogP contribution is -2.52. The fourth-order valence-electron chi connectivity index (χ4n) is 4.63. The number of carbonyl (C=O) groups excluding carboxylic acids is 1. The molecule has 4 atom stereocenters. The summed E-state index contributed by atoms with van der Waals surface area (Å²) in [6.45, 7) is 9.00. The van der Waals surface area contributed by atoms with E-state index in [0.29, 0.717) is 35.4 Å². The molecule has 0 spiro atoms. The molecule has 1 aliphatic carbocycles. The number of nitrogens with two attached hydrogens (primary N) is 1. The molecule has 1 aliphatic heterocycles. The van der Waals surface area contributed by atoms with Gasteiger partial charge in [0.25, 0.3) is 0 Å². The molecule has 1 saturated carbocycles. The molecule has 2 fully saturated rings. The molecule has 122 valence electrons. The van der Waals surface area contributed by atoms with Gasteiger partial charge in [0.2, 0.25) is 5.91 Å². The molecular formula is C18H34N2O. The van der Waals surface area contributed by atoms with Crippen molar-refractivity contribution in [1.82, 2.24) is 4.90 Å². The van der Waals surface area contributed by atoms with Crippen molar-refractivity contribution in [2.75, 3.05) is 0 Å². The third-order valence-corrected chi connectivity index (χ3v) is 5.97. The summed E-state index contributed by atoms with van der Waals surface area (Å²) >= 11 is 0. The van der Waals surface area contributed by atoms with Gasteiger partial charge in [-0.3, -0.25) is 4.79 Å². The molecule has 2 aliphatic rings. The summed E-state index contributed by atoms with van der Waals surface area (Å²) in [7, 11) is 0. The number of piperidine rings is 1. The molecular weight excluding hydrogens is 260 g/mol. The van der Waals surface area contributed by atoms with E-state index in [0.717, 1.165) is 32.1 Å². The van der Waals surface area contributed by atoms with Gasteiger partial charge in [0.1, 0.15) is 0 Å². The van der Waals surface area contributed by atoms with Crippen LogP contribution in [0.5, 0.6) is 0 Å². The van der Waals surface area contributed by atoms with Gasteiger partial charge in [-0.25, -0.2) is 0 Å². The highest BCUT2D eigenvalue weighted by molar-refractivity contribution is 5.77. The van der Waals surface area contributed by atoms with Crippen LogP contribution >= 0.6 is 0 Å². The number of nitrogens with zero attached hydrogens (tertiary/aromatic N) is 1. The number of hydrogen-bond donors (Lipinski definition) is 1. The highest BCUT2D eigenvalue weighted by Gasteiger charge is 2.39. The maximum Gasteiger partial charge on any atom is 0.223 e. The fourth-order valence-corrected chi connectivity index (χ4v) is 4.63. The summed E-state index contributed by atoms with van der Waals surface area (Å²) in [4.78, 5) is 14.5. The number of likely N-dealkylation sites (tertiary alicyclic amines) is 1. The van der Waals surface area contributed by atoms with E-state index < -0.39 is 0 Å². The molecule has 3 nitrogen and oxygen atoms in total. The van der Waals surface area contributed by atoms with Gasteiger partial charge < -0.3 is 10.6 Å². The van der Waals surface area contributed by atoms with Crippen LogP contribution in [-0.2, 0) is 4.79 Å². The standard InChI is InChI=1S/C18H34N2O/c1-5-18(4)10-6-7-16-14(11-15(19)12-18)8-9-17(21)20(16)13(2)3/h13-16H,5-12,19H2,1-4H3. The van der Waals surface area contributed by atoms with Crippen LogP contribution in [0.1, 0.15) is 79.1 Å². The first-order valence-electron chi connectivity index (χ1n) is 8.93.